The van der Waals surface area contributed by atoms with Crippen LogP contribution in [0.25, 0.3) is 0 Å². The van der Waals surface area contributed by atoms with Crippen LogP contribution < -0.4 is 4.74 Å². The molecule has 4 heteroatoms. The minimum Gasteiger partial charge on any atom is -0.508 e. The first-order valence-corrected chi connectivity index (χ1v) is 5.75. The van der Waals surface area contributed by atoms with Gasteiger partial charge in [0.15, 0.2) is 6.10 Å². The maximum Gasteiger partial charge on any atom is 0.347 e. The standard InChI is InChI=1S/C13H18O4/c1-3-4-9-16-13(15)10(2)17-12-7-5-11(14)6-8-12/h5-8,10,14H,3-4,9H2,1-2H3/t10-/m0/s1. The highest BCUT2D eigenvalue weighted by atomic mass is 16.6. The fraction of sp³-hybridized carbons (Fsp3) is 0.462. The molecule has 0 amide bonds. The fourth-order valence-corrected chi connectivity index (χ4v) is 1.21. The van der Waals surface area contributed by atoms with Crippen LogP contribution in [-0.4, -0.2) is 23.8 Å². The van der Waals surface area contributed by atoms with Crippen LogP contribution in [0.4, 0.5) is 0 Å². The van der Waals surface area contributed by atoms with E-state index in [2.05, 4.69) is 0 Å². The summed E-state index contributed by atoms with van der Waals surface area (Å²) in [5.74, 6) is 0.324. The summed E-state index contributed by atoms with van der Waals surface area (Å²) in [6, 6.07) is 6.21. The van der Waals surface area contributed by atoms with Crippen LogP contribution in [0.5, 0.6) is 11.5 Å². The lowest BCUT2D eigenvalue weighted by molar-refractivity contribution is -0.151. The molecule has 1 aromatic rings. The molecule has 94 valence electrons. The largest absolute Gasteiger partial charge is 0.508 e. The van der Waals surface area contributed by atoms with Crippen molar-refractivity contribution in [3.05, 3.63) is 24.3 Å². The molecule has 0 fully saturated rings. The molecule has 1 N–H and O–H groups in total. The number of aromatic hydroxyl groups is 1. The third-order valence-corrected chi connectivity index (χ3v) is 2.22. The van der Waals surface area contributed by atoms with Gasteiger partial charge in [-0.2, -0.15) is 0 Å². The summed E-state index contributed by atoms with van der Waals surface area (Å²) in [6.45, 7) is 4.10. The molecule has 0 aliphatic heterocycles. The first-order chi connectivity index (χ1) is 8.13. The van der Waals surface area contributed by atoms with Crippen molar-refractivity contribution in [2.45, 2.75) is 32.8 Å². The van der Waals surface area contributed by atoms with Gasteiger partial charge in [0, 0.05) is 0 Å². The van der Waals surface area contributed by atoms with E-state index in [-0.39, 0.29) is 11.7 Å². The monoisotopic (exact) mass is 238 g/mol. The number of rotatable bonds is 6. The van der Waals surface area contributed by atoms with E-state index in [1.54, 1.807) is 19.1 Å². The maximum absolute atomic E-state index is 11.5. The van der Waals surface area contributed by atoms with E-state index in [4.69, 9.17) is 14.6 Å². The Morgan fingerprint density at radius 2 is 2.00 bits per heavy atom. The SMILES string of the molecule is CCCCOC(=O)[C@H](C)Oc1ccc(O)cc1. The first-order valence-electron chi connectivity index (χ1n) is 5.75. The summed E-state index contributed by atoms with van der Waals surface area (Å²) in [7, 11) is 0. The molecule has 0 saturated heterocycles. The average molecular weight is 238 g/mol. The fourth-order valence-electron chi connectivity index (χ4n) is 1.21. The summed E-state index contributed by atoms with van der Waals surface area (Å²) in [5.41, 5.74) is 0. The van der Waals surface area contributed by atoms with Crippen LogP contribution in [0.15, 0.2) is 24.3 Å². The van der Waals surface area contributed by atoms with Crippen molar-refractivity contribution in [2.24, 2.45) is 0 Å². The molecule has 0 heterocycles. The van der Waals surface area contributed by atoms with E-state index in [1.165, 1.54) is 12.1 Å². The van der Waals surface area contributed by atoms with E-state index in [0.717, 1.165) is 12.8 Å². The van der Waals surface area contributed by atoms with Crippen molar-refractivity contribution in [1.29, 1.82) is 0 Å². The Labute approximate surface area is 101 Å². The van der Waals surface area contributed by atoms with Crippen molar-refractivity contribution < 1.29 is 19.4 Å². The van der Waals surface area contributed by atoms with Crippen molar-refractivity contribution in [2.75, 3.05) is 6.61 Å². The number of carbonyl (C=O) groups is 1. The predicted molar refractivity (Wildman–Crippen MR) is 64.1 cm³/mol. The zero-order chi connectivity index (χ0) is 12.7. The number of carbonyl (C=O) groups excluding carboxylic acids is 1. The molecule has 1 atom stereocenters. The van der Waals surface area contributed by atoms with E-state index >= 15 is 0 Å². The second-order valence-corrected chi connectivity index (χ2v) is 3.78. The van der Waals surface area contributed by atoms with Gasteiger partial charge in [0.25, 0.3) is 0 Å². The minimum atomic E-state index is -0.642. The van der Waals surface area contributed by atoms with Gasteiger partial charge in [-0.3, -0.25) is 0 Å². The smallest absolute Gasteiger partial charge is 0.347 e. The van der Waals surface area contributed by atoms with Crippen LogP contribution in [0.3, 0.4) is 0 Å². The Balaban J connectivity index is 2.40. The lowest BCUT2D eigenvalue weighted by Crippen LogP contribution is -2.26. The molecule has 4 nitrogen and oxygen atoms in total. The zero-order valence-electron chi connectivity index (χ0n) is 10.2. The summed E-state index contributed by atoms with van der Waals surface area (Å²) in [4.78, 5) is 11.5. The van der Waals surface area contributed by atoms with Crippen LogP contribution in [0.1, 0.15) is 26.7 Å². The minimum absolute atomic E-state index is 0.163. The van der Waals surface area contributed by atoms with Gasteiger partial charge in [0.1, 0.15) is 11.5 Å². The Morgan fingerprint density at radius 1 is 1.35 bits per heavy atom. The molecule has 0 aliphatic rings. The highest BCUT2D eigenvalue weighted by Gasteiger charge is 2.15. The van der Waals surface area contributed by atoms with Gasteiger partial charge >= 0.3 is 5.97 Å². The first kappa shape index (κ1) is 13.4. The Hall–Kier alpha value is -1.71. The number of ether oxygens (including phenoxy) is 2. The quantitative estimate of drug-likeness (QED) is 0.611. The summed E-state index contributed by atoms with van der Waals surface area (Å²) in [5, 5.41) is 9.10. The van der Waals surface area contributed by atoms with E-state index in [0.29, 0.717) is 12.4 Å². The Kier molecular flexibility index (Phi) is 5.33. The number of hydrogen-bond acceptors (Lipinski definition) is 4. The van der Waals surface area contributed by atoms with Gasteiger partial charge in [0.2, 0.25) is 0 Å². The molecule has 1 aromatic carbocycles. The highest BCUT2D eigenvalue weighted by Crippen LogP contribution is 2.17. The number of phenols is 1. The van der Waals surface area contributed by atoms with Crippen molar-refractivity contribution >= 4 is 5.97 Å². The van der Waals surface area contributed by atoms with E-state index in [1.807, 2.05) is 6.92 Å². The maximum atomic E-state index is 11.5. The number of esters is 1. The topological polar surface area (TPSA) is 55.8 Å². The van der Waals surface area contributed by atoms with Crippen molar-refractivity contribution in [3.63, 3.8) is 0 Å². The van der Waals surface area contributed by atoms with Crippen molar-refractivity contribution in [3.8, 4) is 11.5 Å². The third kappa shape index (κ3) is 4.76. The van der Waals surface area contributed by atoms with Gasteiger partial charge < -0.3 is 14.6 Å². The summed E-state index contributed by atoms with van der Waals surface area (Å²) < 4.78 is 10.4. The summed E-state index contributed by atoms with van der Waals surface area (Å²) >= 11 is 0. The second-order valence-electron chi connectivity index (χ2n) is 3.78. The number of unbranched alkanes of at least 4 members (excludes halogenated alkanes) is 1. The van der Waals surface area contributed by atoms with Gasteiger partial charge in [-0.05, 0) is 37.6 Å². The molecule has 0 bridgehead atoms. The molecule has 0 spiro atoms. The second kappa shape index (κ2) is 6.78. The van der Waals surface area contributed by atoms with Gasteiger partial charge in [0.05, 0.1) is 6.61 Å². The molecule has 0 aromatic heterocycles. The van der Waals surface area contributed by atoms with E-state index in [9.17, 15) is 4.79 Å². The predicted octanol–water partition coefficient (Wildman–Crippen LogP) is 2.50. The Morgan fingerprint density at radius 3 is 2.59 bits per heavy atom. The molecular formula is C13H18O4. The Bertz CT molecular complexity index is 345. The van der Waals surface area contributed by atoms with Crippen LogP contribution in [-0.2, 0) is 9.53 Å². The molecule has 17 heavy (non-hydrogen) atoms. The third-order valence-electron chi connectivity index (χ3n) is 2.22. The lowest BCUT2D eigenvalue weighted by Gasteiger charge is -2.13. The van der Waals surface area contributed by atoms with Crippen LogP contribution in [0, 0.1) is 0 Å². The van der Waals surface area contributed by atoms with Gasteiger partial charge in [-0.15, -0.1) is 0 Å². The van der Waals surface area contributed by atoms with Crippen LogP contribution >= 0.6 is 0 Å². The molecule has 0 unspecified atom stereocenters. The van der Waals surface area contributed by atoms with Gasteiger partial charge in [-0.25, -0.2) is 4.79 Å². The molecular weight excluding hydrogens is 220 g/mol. The average Bonchev–Trinajstić information content (AvgIpc) is 2.32. The molecule has 0 aliphatic carbocycles. The van der Waals surface area contributed by atoms with Crippen LogP contribution in [0.2, 0.25) is 0 Å². The zero-order valence-corrected chi connectivity index (χ0v) is 10.2. The molecule has 0 radical (unpaired) electrons. The van der Waals surface area contributed by atoms with E-state index < -0.39 is 6.10 Å². The summed E-state index contributed by atoms with van der Waals surface area (Å²) in [6.07, 6.45) is 1.20. The molecule has 0 saturated carbocycles. The lowest BCUT2D eigenvalue weighted by atomic mass is 10.3. The normalized spacial score (nSPS) is 11.9. The highest BCUT2D eigenvalue weighted by molar-refractivity contribution is 5.74. The van der Waals surface area contributed by atoms with Crippen molar-refractivity contribution in [1.82, 2.24) is 0 Å². The number of benzene rings is 1. The number of hydrogen-bond donors (Lipinski definition) is 1. The molecule has 1 rings (SSSR count). The number of phenolic OH excluding ortho intramolecular Hbond substituents is 1. The van der Waals surface area contributed by atoms with Gasteiger partial charge in [-0.1, -0.05) is 13.3 Å².